The van der Waals surface area contributed by atoms with E-state index in [1.807, 2.05) is 13.8 Å². The number of halogens is 1. The zero-order chi connectivity index (χ0) is 15.4. The molecular formula is C13H17ClN6O. The number of hydrogen-bond acceptors (Lipinski definition) is 5. The molecule has 0 fully saturated rings. The van der Waals surface area contributed by atoms with Crippen LogP contribution in [0.2, 0.25) is 5.02 Å². The molecule has 1 heterocycles. The molecule has 2 rings (SSSR count). The Morgan fingerprint density at radius 1 is 1.48 bits per heavy atom. The highest BCUT2D eigenvalue weighted by molar-refractivity contribution is 6.33. The lowest BCUT2D eigenvalue weighted by Crippen LogP contribution is -2.36. The first-order valence-electron chi connectivity index (χ1n) is 6.56. The minimum Gasteiger partial charge on any atom is -0.323 e. The average molecular weight is 309 g/mol. The highest BCUT2D eigenvalue weighted by Crippen LogP contribution is 2.24. The summed E-state index contributed by atoms with van der Waals surface area (Å²) in [7, 11) is 0. The molecule has 7 nitrogen and oxygen atoms in total. The van der Waals surface area contributed by atoms with Crippen molar-refractivity contribution in [1.29, 1.82) is 0 Å². The summed E-state index contributed by atoms with van der Waals surface area (Å²) in [6.07, 6.45) is 2.06. The molecular weight excluding hydrogens is 292 g/mol. The first-order valence-corrected chi connectivity index (χ1v) is 6.94. The maximum Gasteiger partial charge on any atom is 0.241 e. The molecule has 0 aliphatic carbocycles. The van der Waals surface area contributed by atoms with Gasteiger partial charge in [-0.05, 0) is 41.0 Å². The predicted octanol–water partition coefficient (Wildman–Crippen LogP) is 1.63. The summed E-state index contributed by atoms with van der Waals surface area (Å²) >= 11 is 6.10. The number of benzene rings is 1. The second kappa shape index (κ2) is 6.64. The van der Waals surface area contributed by atoms with Gasteiger partial charge in [0.05, 0.1) is 22.4 Å². The van der Waals surface area contributed by atoms with Crippen molar-refractivity contribution in [1.82, 2.24) is 20.2 Å². The van der Waals surface area contributed by atoms with Crippen molar-refractivity contribution in [3.63, 3.8) is 0 Å². The van der Waals surface area contributed by atoms with Gasteiger partial charge in [0.1, 0.15) is 6.33 Å². The Kier molecular flexibility index (Phi) is 4.87. The van der Waals surface area contributed by atoms with Gasteiger partial charge < -0.3 is 11.1 Å². The molecule has 1 amide bonds. The van der Waals surface area contributed by atoms with Gasteiger partial charge in [-0.1, -0.05) is 25.4 Å². The lowest BCUT2D eigenvalue weighted by molar-refractivity contribution is -0.117. The first kappa shape index (κ1) is 15.4. The van der Waals surface area contributed by atoms with E-state index in [9.17, 15) is 4.79 Å². The van der Waals surface area contributed by atoms with E-state index < -0.39 is 6.04 Å². The van der Waals surface area contributed by atoms with E-state index in [0.29, 0.717) is 28.7 Å². The quantitative estimate of drug-likeness (QED) is 0.874. The summed E-state index contributed by atoms with van der Waals surface area (Å²) in [6, 6.07) is 4.54. The monoisotopic (exact) mass is 308 g/mol. The number of carbonyl (C=O) groups is 1. The molecule has 21 heavy (non-hydrogen) atoms. The number of tetrazole rings is 1. The largest absolute Gasteiger partial charge is 0.323 e. The van der Waals surface area contributed by atoms with Gasteiger partial charge in [0.25, 0.3) is 0 Å². The predicted molar refractivity (Wildman–Crippen MR) is 80.2 cm³/mol. The summed E-state index contributed by atoms with van der Waals surface area (Å²) in [5.41, 5.74) is 7.03. The number of hydrogen-bond donors (Lipinski definition) is 2. The van der Waals surface area contributed by atoms with Crippen LogP contribution in [0.3, 0.4) is 0 Å². The van der Waals surface area contributed by atoms with Crippen molar-refractivity contribution in [2.24, 2.45) is 11.7 Å². The first-order chi connectivity index (χ1) is 9.97. The van der Waals surface area contributed by atoms with E-state index in [1.54, 1.807) is 18.2 Å². The number of aromatic nitrogens is 4. The Hall–Kier alpha value is -1.99. The molecule has 112 valence electrons. The van der Waals surface area contributed by atoms with E-state index in [0.717, 1.165) is 0 Å². The Bertz CT molecular complexity index is 613. The fraction of sp³-hybridized carbons (Fsp3) is 0.385. The fourth-order valence-electron chi connectivity index (χ4n) is 1.87. The van der Waals surface area contributed by atoms with Crippen LogP contribution in [-0.4, -0.2) is 32.2 Å². The third-order valence-corrected chi connectivity index (χ3v) is 3.21. The summed E-state index contributed by atoms with van der Waals surface area (Å²) in [5.74, 6) is 0.0771. The number of carbonyl (C=O) groups excluding carboxylic acids is 1. The standard InChI is InChI=1S/C13H17ClN6O/c1-8(2)5-11(15)13(21)17-12-6-9(3-4-10(12)14)20-7-16-18-19-20/h3-4,6-8,11H,5,15H2,1-2H3,(H,17,21)/t11-/m1/s1. The highest BCUT2D eigenvalue weighted by Gasteiger charge is 2.16. The molecule has 3 N–H and O–H groups in total. The van der Waals surface area contributed by atoms with Crippen LogP contribution in [0.25, 0.3) is 5.69 Å². The fourth-order valence-corrected chi connectivity index (χ4v) is 2.04. The van der Waals surface area contributed by atoms with Gasteiger partial charge in [-0.25, -0.2) is 4.68 Å². The molecule has 0 bridgehead atoms. The number of amides is 1. The van der Waals surface area contributed by atoms with Crippen molar-refractivity contribution in [2.45, 2.75) is 26.3 Å². The zero-order valence-corrected chi connectivity index (χ0v) is 12.6. The third kappa shape index (κ3) is 3.99. The molecule has 1 atom stereocenters. The SMILES string of the molecule is CC(C)C[C@@H](N)C(=O)Nc1cc(-n2cnnn2)ccc1Cl. The smallest absolute Gasteiger partial charge is 0.241 e. The number of nitrogens with one attached hydrogen (secondary N) is 1. The van der Waals surface area contributed by atoms with Crippen molar-refractivity contribution in [3.05, 3.63) is 29.5 Å². The molecule has 0 aliphatic heterocycles. The summed E-state index contributed by atoms with van der Waals surface area (Å²) in [4.78, 5) is 12.1. The number of rotatable bonds is 5. The lowest BCUT2D eigenvalue weighted by atomic mass is 10.0. The van der Waals surface area contributed by atoms with Crippen LogP contribution in [0.15, 0.2) is 24.5 Å². The van der Waals surface area contributed by atoms with Gasteiger partial charge in [0.2, 0.25) is 5.91 Å². The van der Waals surface area contributed by atoms with Crippen molar-refractivity contribution in [2.75, 3.05) is 5.32 Å². The minimum absolute atomic E-state index is 0.264. The summed E-state index contributed by atoms with van der Waals surface area (Å²) < 4.78 is 1.47. The topological polar surface area (TPSA) is 98.7 Å². The second-order valence-corrected chi connectivity index (χ2v) is 5.55. The Balaban J connectivity index is 2.16. The van der Waals surface area contributed by atoms with Crippen LogP contribution in [-0.2, 0) is 4.79 Å². The molecule has 0 aliphatic rings. The Morgan fingerprint density at radius 3 is 2.86 bits per heavy atom. The van der Waals surface area contributed by atoms with Gasteiger partial charge >= 0.3 is 0 Å². The molecule has 0 saturated carbocycles. The van der Waals surface area contributed by atoms with E-state index in [2.05, 4.69) is 20.8 Å². The third-order valence-electron chi connectivity index (χ3n) is 2.88. The van der Waals surface area contributed by atoms with Gasteiger partial charge in [-0.15, -0.1) is 5.10 Å². The van der Waals surface area contributed by atoms with Crippen LogP contribution >= 0.6 is 11.6 Å². The molecule has 1 aromatic carbocycles. The van der Waals surface area contributed by atoms with E-state index in [1.165, 1.54) is 11.0 Å². The summed E-state index contributed by atoms with van der Waals surface area (Å²) in [6.45, 7) is 4.02. The molecule has 1 aromatic heterocycles. The molecule has 8 heteroatoms. The van der Waals surface area contributed by atoms with Crippen molar-refractivity contribution in [3.8, 4) is 5.69 Å². The van der Waals surface area contributed by atoms with Crippen LogP contribution < -0.4 is 11.1 Å². The Morgan fingerprint density at radius 2 is 2.24 bits per heavy atom. The van der Waals surface area contributed by atoms with Gasteiger partial charge in [0.15, 0.2) is 0 Å². The molecule has 0 spiro atoms. The van der Waals surface area contributed by atoms with E-state index in [-0.39, 0.29) is 5.91 Å². The van der Waals surface area contributed by atoms with Crippen LogP contribution in [0.5, 0.6) is 0 Å². The number of nitrogens with two attached hydrogens (primary N) is 1. The van der Waals surface area contributed by atoms with Crippen LogP contribution in [0, 0.1) is 5.92 Å². The zero-order valence-electron chi connectivity index (χ0n) is 11.8. The normalized spacial score (nSPS) is 12.4. The molecule has 0 saturated heterocycles. The Labute approximate surface area is 127 Å². The van der Waals surface area contributed by atoms with Gasteiger partial charge in [-0.2, -0.15) is 0 Å². The second-order valence-electron chi connectivity index (χ2n) is 5.14. The minimum atomic E-state index is -0.572. The maximum absolute atomic E-state index is 12.1. The van der Waals surface area contributed by atoms with Gasteiger partial charge in [0, 0.05) is 0 Å². The molecule has 0 unspecified atom stereocenters. The van der Waals surface area contributed by atoms with Crippen LogP contribution in [0.1, 0.15) is 20.3 Å². The van der Waals surface area contributed by atoms with E-state index in [4.69, 9.17) is 17.3 Å². The van der Waals surface area contributed by atoms with Crippen molar-refractivity contribution >= 4 is 23.2 Å². The number of anilines is 1. The van der Waals surface area contributed by atoms with Gasteiger partial charge in [-0.3, -0.25) is 4.79 Å². The van der Waals surface area contributed by atoms with Crippen LogP contribution in [0.4, 0.5) is 5.69 Å². The lowest BCUT2D eigenvalue weighted by Gasteiger charge is -2.15. The molecule has 2 aromatic rings. The number of nitrogens with zero attached hydrogens (tertiary/aromatic N) is 4. The summed E-state index contributed by atoms with van der Waals surface area (Å²) in [5, 5.41) is 14.1. The molecule has 0 radical (unpaired) electrons. The van der Waals surface area contributed by atoms with E-state index >= 15 is 0 Å². The highest BCUT2D eigenvalue weighted by atomic mass is 35.5. The maximum atomic E-state index is 12.1. The average Bonchev–Trinajstić information content (AvgIpc) is 2.94. The van der Waals surface area contributed by atoms with Crippen molar-refractivity contribution < 1.29 is 4.79 Å².